The van der Waals surface area contributed by atoms with Crippen LogP contribution in [0.4, 0.5) is 0 Å². The Morgan fingerprint density at radius 1 is 0.558 bits per heavy atom. The molecule has 6 nitrogen and oxygen atoms in total. The summed E-state index contributed by atoms with van der Waals surface area (Å²) in [5.74, 6) is 0.208. The lowest BCUT2D eigenvalue weighted by molar-refractivity contribution is -0.141. The van der Waals surface area contributed by atoms with E-state index < -0.39 is 0 Å². The van der Waals surface area contributed by atoms with Gasteiger partial charge >= 0.3 is 11.9 Å². The minimum absolute atomic E-state index is 0.101. The van der Waals surface area contributed by atoms with Gasteiger partial charge in [-0.05, 0) is 67.9 Å². The van der Waals surface area contributed by atoms with Gasteiger partial charge in [-0.1, -0.05) is 119 Å². The Morgan fingerprint density at radius 2 is 0.814 bits per heavy atom. The van der Waals surface area contributed by atoms with E-state index in [0.29, 0.717) is 24.3 Å². The second-order valence-corrected chi connectivity index (χ2v) is 16.4. The molecular weight excluding hydrogens is 560 g/mol. The SMILES string of the molecule is CC(C)(C)c1cc(CCC(=O)OCSCOC(=O)CCc2cc(C(C)(C)C)c(O)c(C(C)(C)C)c2)cc(C(C)(C)C)c1O. The third-order valence-electron chi connectivity index (χ3n) is 7.41. The van der Waals surface area contributed by atoms with Gasteiger partial charge in [0, 0.05) is 12.8 Å². The fourth-order valence-corrected chi connectivity index (χ4v) is 5.35. The number of hydrogen-bond acceptors (Lipinski definition) is 7. The summed E-state index contributed by atoms with van der Waals surface area (Å²) in [5, 5.41) is 21.8. The molecule has 0 spiro atoms. The minimum atomic E-state index is -0.321. The molecule has 0 amide bonds. The lowest BCUT2D eigenvalue weighted by atomic mass is 9.78. The van der Waals surface area contributed by atoms with Crippen molar-refractivity contribution in [2.45, 2.75) is 130 Å². The molecule has 0 aliphatic carbocycles. The predicted molar refractivity (Wildman–Crippen MR) is 177 cm³/mol. The molecule has 2 aromatic rings. The van der Waals surface area contributed by atoms with Crippen LogP contribution in [0.1, 0.15) is 129 Å². The maximum absolute atomic E-state index is 12.4. The summed E-state index contributed by atoms with van der Waals surface area (Å²) in [6.07, 6.45) is 1.46. The Bertz CT molecular complexity index is 1110. The first-order valence-corrected chi connectivity index (χ1v) is 16.3. The van der Waals surface area contributed by atoms with E-state index in [2.05, 4.69) is 83.1 Å². The third kappa shape index (κ3) is 10.8. The van der Waals surface area contributed by atoms with Crippen molar-refractivity contribution in [3.63, 3.8) is 0 Å². The number of aromatic hydroxyl groups is 2. The Hall–Kier alpha value is -2.67. The van der Waals surface area contributed by atoms with Crippen LogP contribution in [0.2, 0.25) is 0 Å². The first-order chi connectivity index (χ1) is 19.5. The van der Waals surface area contributed by atoms with Gasteiger partial charge in [0.25, 0.3) is 0 Å². The zero-order valence-corrected chi connectivity index (χ0v) is 29.3. The van der Waals surface area contributed by atoms with Crippen molar-refractivity contribution in [3.8, 4) is 11.5 Å². The predicted octanol–water partition coefficient (Wildman–Crippen LogP) is 8.59. The Labute approximate surface area is 264 Å². The van der Waals surface area contributed by atoms with Crippen LogP contribution in [-0.2, 0) is 53.6 Å². The van der Waals surface area contributed by atoms with Gasteiger partial charge in [-0.25, -0.2) is 0 Å². The van der Waals surface area contributed by atoms with Gasteiger partial charge in [-0.2, -0.15) is 0 Å². The average Bonchev–Trinajstić information content (AvgIpc) is 2.84. The van der Waals surface area contributed by atoms with Gasteiger partial charge < -0.3 is 19.7 Å². The molecule has 0 fully saturated rings. The van der Waals surface area contributed by atoms with Gasteiger partial charge in [0.05, 0.1) is 0 Å². The number of thioether (sulfide) groups is 1. The van der Waals surface area contributed by atoms with Crippen LogP contribution in [0.15, 0.2) is 24.3 Å². The smallest absolute Gasteiger partial charge is 0.306 e. The molecule has 7 heteroatoms. The van der Waals surface area contributed by atoms with E-state index in [1.165, 1.54) is 11.8 Å². The first kappa shape index (κ1) is 36.5. The molecule has 0 aromatic heterocycles. The van der Waals surface area contributed by atoms with Gasteiger partial charge in [-0.15, -0.1) is 0 Å². The van der Waals surface area contributed by atoms with Crippen molar-refractivity contribution < 1.29 is 29.3 Å². The Kier molecular flexibility index (Phi) is 11.9. The van der Waals surface area contributed by atoms with Crippen LogP contribution in [0.25, 0.3) is 0 Å². The van der Waals surface area contributed by atoms with Crippen LogP contribution >= 0.6 is 11.8 Å². The highest BCUT2D eigenvalue weighted by atomic mass is 32.2. The van der Waals surface area contributed by atoms with Crippen molar-refractivity contribution in [2.24, 2.45) is 0 Å². The van der Waals surface area contributed by atoms with Crippen molar-refractivity contribution >= 4 is 23.7 Å². The average molecular weight is 615 g/mol. The lowest BCUT2D eigenvalue weighted by Crippen LogP contribution is -2.18. The summed E-state index contributed by atoms with van der Waals surface area (Å²) in [5.41, 5.74) is 4.53. The van der Waals surface area contributed by atoms with E-state index in [1.54, 1.807) is 0 Å². The highest BCUT2D eigenvalue weighted by molar-refractivity contribution is 7.99. The number of esters is 2. The van der Waals surface area contributed by atoms with E-state index in [1.807, 2.05) is 24.3 Å². The molecule has 0 aliphatic rings. The molecule has 2 N–H and O–H groups in total. The molecule has 0 aliphatic heterocycles. The molecule has 0 saturated carbocycles. The molecule has 0 radical (unpaired) electrons. The summed E-state index contributed by atoms with van der Waals surface area (Å²) in [4.78, 5) is 24.8. The monoisotopic (exact) mass is 614 g/mol. The zero-order valence-electron chi connectivity index (χ0n) is 28.5. The molecule has 0 heterocycles. The number of carbonyl (C=O) groups excluding carboxylic acids is 2. The molecule has 0 bridgehead atoms. The van der Waals surface area contributed by atoms with Crippen molar-refractivity contribution in [1.82, 2.24) is 0 Å². The van der Waals surface area contributed by atoms with Gasteiger partial charge in [0.15, 0.2) is 0 Å². The summed E-state index contributed by atoms with van der Waals surface area (Å²) >= 11 is 1.23. The molecule has 2 aromatic carbocycles. The normalized spacial score (nSPS) is 12.7. The van der Waals surface area contributed by atoms with Crippen LogP contribution in [-0.4, -0.2) is 34.0 Å². The van der Waals surface area contributed by atoms with Crippen LogP contribution in [0.3, 0.4) is 0 Å². The first-order valence-electron chi connectivity index (χ1n) is 15.1. The second-order valence-electron chi connectivity index (χ2n) is 15.6. The number of carbonyl (C=O) groups is 2. The number of benzene rings is 2. The standard InChI is InChI=1S/C36H54O6S/c1-33(2,3)25-17-23(18-26(31(25)39)34(4,5)6)13-15-29(37)41-21-43-22-42-30(38)16-14-24-19-27(35(7,8)9)32(40)28(20-24)36(10,11)12/h17-20,39-40H,13-16,21-22H2,1-12H3. The summed E-state index contributed by atoms with van der Waals surface area (Å²) < 4.78 is 10.7. The van der Waals surface area contributed by atoms with E-state index in [4.69, 9.17) is 9.47 Å². The number of aryl methyl sites for hydroxylation is 2. The van der Waals surface area contributed by atoms with Crippen molar-refractivity contribution in [3.05, 3.63) is 57.6 Å². The number of hydrogen-bond donors (Lipinski definition) is 2. The largest absolute Gasteiger partial charge is 0.507 e. The van der Waals surface area contributed by atoms with E-state index in [0.717, 1.165) is 33.4 Å². The van der Waals surface area contributed by atoms with Crippen LogP contribution in [0, 0.1) is 0 Å². The van der Waals surface area contributed by atoms with Crippen molar-refractivity contribution in [1.29, 1.82) is 0 Å². The molecule has 240 valence electrons. The van der Waals surface area contributed by atoms with Crippen LogP contribution in [0.5, 0.6) is 11.5 Å². The van der Waals surface area contributed by atoms with Gasteiger partial charge in [-0.3, -0.25) is 9.59 Å². The summed E-state index contributed by atoms with van der Waals surface area (Å²) in [7, 11) is 0. The van der Waals surface area contributed by atoms with Crippen molar-refractivity contribution in [2.75, 3.05) is 11.9 Å². The van der Waals surface area contributed by atoms with Crippen LogP contribution < -0.4 is 0 Å². The topological polar surface area (TPSA) is 93.1 Å². The number of phenols is 2. The van der Waals surface area contributed by atoms with Gasteiger partial charge in [0.1, 0.15) is 23.4 Å². The Balaban J connectivity index is 1.85. The van der Waals surface area contributed by atoms with Gasteiger partial charge in [0.2, 0.25) is 0 Å². The fraction of sp³-hybridized carbons (Fsp3) is 0.611. The second kappa shape index (κ2) is 14.0. The highest BCUT2D eigenvalue weighted by Crippen LogP contribution is 2.41. The number of ether oxygens (including phenoxy) is 2. The molecular formula is C36H54O6S. The maximum Gasteiger partial charge on any atom is 0.306 e. The molecule has 2 rings (SSSR count). The molecule has 43 heavy (non-hydrogen) atoms. The van der Waals surface area contributed by atoms with E-state index in [-0.39, 0.29) is 58.3 Å². The summed E-state index contributed by atoms with van der Waals surface area (Å²) in [6, 6.07) is 7.94. The minimum Gasteiger partial charge on any atom is -0.507 e. The Morgan fingerprint density at radius 3 is 1.05 bits per heavy atom. The number of phenolic OH excluding ortho intramolecular Hbond substituents is 2. The molecule has 0 saturated heterocycles. The maximum atomic E-state index is 12.4. The molecule has 0 unspecified atom stereocenters. The lowest BCUT2D eigenvalue weighted by Gasteiger charge is -2.28. The number of rotatable bonds is 10. The third-order valence-corrected chi connectivity index (χ3v) is 7.98. The van der Waals surface area contributed by atoms with E-state index >= 15 is 0 Å². The highest BCUT2D eigenvalue weighted by Gasteiger charge is 2.28. The summed E-state index contributed by atoms with van der Waals surface area (Å²) in [6.45, 7) is 24.8. The zero-order chi connectivity index (χ0) is 33.0. The molecule has 0 atom stereocenters. The quantitative estimate of drug-likeness (QED) is 0.157. The fourth-order valence-electron chi connectivity index (χ4n) is 4.85. The van der Waals surface area contributed by atoms with E-state index in [9.17, 15) is 19.8 Å².